The molecule has 4 aromatic rings. The minimum absolute atomic E-state index is 0.0378. The van der Waals surface area contributed by atoms with Gasteiger partial charge < -0.3 is 14.9 Å². The summed E-state index contributed by atoms with van der Waals surface area (Å²) >= 11 is 9.19. The van der Waals surface area contributed by atoms with Gasteiger partial charge in [0.1, 0.15) is 29.6 Å². The van der Waals surface area contributed by atoms with E-state index in [-0.39, 0.29) is 49.8 Å². The molecule has 8 nitrogen and oxygen atoms in total. The second-order valence-electron chi connectivity index (χ2n) is 14.6. The number of amides is 1. The summed E-state index contributed by atoms with van der Waals surface area (Å²) in [7, 11) is 1.56. The second-order valence-corrected chi connectivity index (χ2v) is 17.4. The summed E-state index contributed by atoms with van der Waals surface area (Å²) in [5, 5.41) is 16.7. The number of halogens is 11. The Kier molecular flexibility index (Phi) is 14.0. The van der Waals surface area contributed by atoms with E-state index in [0.717, 1.165) is 31.0 Å². The molecule has 1 unspecified atom stereocenters. The summed E-state index contributed by atoms with van der Waals surface area (Å²) in [4.78, 5) is 18.5. The van der Waals surface area contributed by atoms with E-state index in [0.29, 0.717) is 10.7 Å². The number of alkyl halides is 8. The summed E-state index contributed by atoms with van der Waals surface area (Å²) in [6, 6.07) is 6.80. The van der Waals surface area contributed by atoms with Crippen molar-refractivity contribution in [1.82, 2.24) is 25.4 Å². The van der Waals surface area contributed by atoms with Gasteiger partial charge in [-0.25, -0.2) is 13.8 Å². The molecule has 328 valence electrons. The lowest BCUT2D eigenvalue weighted by molar-refractivity contribution is -0.141. The quantitative estimate of drug-likeness (QED) is 0.0532. The van der Waals surface area contributed by atoms with Crippen LogP contribution in [0.4, 0.5) is 49.7 Å². The van der Waals surface area contributed by atoms with Crippen molar-refractivity contribution in [3.8, 4) is 23.0 Å². The molecule has 2 aromatic carbocycles. The molecule has 3 N–H and O–H groups in total. The van der Waals surface area contributed by atoms with Crippen molar-refractivity contribution in [2.45, 2.75) is 69.2 Å². The van der Waals surface area contributed by atoms with Crippen LogP contribution in [0.2, 0.25) is 5.02 Å². The molecule has 0 saturated heterocycles. The summed E-state index contributed by atoms with van der Waals surface area (Å²) in [5.41, 5.74) is -4.29. The van der Waals surface area contributed by atoms with Crippen LogP contribution in [0.3, 0.4) is 0 Å². The zero-order valence-electron chi connectivity index (χ0n) is 33.2. The maximum Gasteiger partial charge on any atom is 0.433 e. The van der Waals surface area contributed by atoms with Gasteiger partial charge >= 0.3 is 12.4 Å². The third-order valence-electron chi connectivity index (χ3n) is 9.64. The number of allylic oxidation sites excluding steroid dienone is 2. The largest absolute Gasteiger partial charge is 0.433 e. The Morgan fingerprint density at radius 3 is 2.30 bits per heavy atom. The number of carbonyl (C=O) groups excluding carboxylic acids is 1. The molecular weight excluding hydrogens is 884 g/mol. The van der Waals surface area contributed by atoms with Crippen LogP contribution in [0.1, 0.15) is 50.2 Å². The number of aromatic nitrogens is 3. The Balaban J connectivity index is 1.74. The topological polar surface area (TPSA) is 98.9 Å². The van der Waals surface area contributed by atoms with Crippen LogP contribution in [0, 0.1) is 34.8 Å². The van der Waals surface area contributed by atoms with Gasteiger partial charge in [0.15, 0.2) is 5.82 Å². The van der Waals surface area contributed by atoms with Crippen molar-refractivity contribution in [1.29, 1.82) is 5.41 Å². The number of hydrogen-bond donors (Lipinski definition) is 3. The molecular formula is C40H38ClF10N7OS2. The number of pyridine rings is 1. The van der Waals surface area contributed by atoms with Crippen molar-refractivity contribution in [3.63, 3.8) is 0 Å². The van der Waals surface area contributed by atoms with Crippen molar-refractivity contribution in [3.05, 3.63) is 87.3 Å². The number of hydrogen-bond acceptors (Lipinski definition) is 8. The highest BCUT2D eigenvalue weighted by Crippen LogP contribution is 2.45. The highest BCUT2D eigenvalue weighted by molar-refractivity contribution is 8.00. The fraction of sp³-hybridized carbons (Fsp3) is 0.400. The normalized spacial score (nSPS) is 16.0. The van der Waals surface area contributed by atoms with E-state index in [2.05, 4.69) is 27.6 Å². The number of rotatable bonds is 13. The first-order chi connectivity index (χ1) is 28.2. The molecule has 0 spiro atoms. The summed E-state index contributed by atoms with van der Waals surface area (Å²) in [6.45, 7) is 2.12. The predicted octanol–water partition coefficient (Wildman–Crippen LogP) is 10.3. The molecule has 0 fully saturated rings. The monoisotopic (exact) mass is 921 g/mol. The van der Waals surface area contributed by atoms with Gasteiger partial charge in [0, 0.05) is 42.5 Å². The van der Waals surface area contributed by atoms with Gasteiger partial charge in [-0.1, -0.05) is 42.5 Å². The van der Waals surface area contributed by atoms with E-state index in [1.54, 1.807) is 13.3 Å². The van der Waals surface area contributed by atoms with Crippen LogP contribution in [-0.2, 0) is 17.8 Å². The van der Waals surface area contributed by atoms with Crippen molar-refractivity contribution in [2.24, 2.45) is 5.92 Å². The average molecular weight is 922 g/mol. The lowest BCUT2D eigenvalue weighted by Gasteiger charge is -2.24. The van der Waals surface area contributed by atoms with Crippen molar-refractivity contribution in [2.75, 3.05) is 30.4 Å². The molecule has 21 heteroatoms. The average Bonchev–Trinajstić information content (AvgIpc) is 3.63. The van der Waals surface area contributed by atoms with E-state index < -0.39 is 95.4 Å². The predicted molar refractivity (Wildman–Crippen MR) is 219 cm³/mol. The van der Waals surface area contributed by atoms with Crippen LogP contribution >= 0.6 is 35.3 Å². The number of carbonyl (C=O) groups is 1. The molecule has 0 bridgehead atoms. The van der Waals surface area contributed by atoms with E-state index in [1.807, 2.05) is 20.1 Å². The Bertz CT molecular complexity index is 2420. The van der Waals surface area contributed by atoms with Gasteiger partial charge in [0.05, 0.1) is 44.7 Å². The lowest BCUT2D eigenvalue weighted by Crippen LogP contribution is -2.40. The smallest absolute Gasteiger partial charge is 0.374 e. The van der Waals surface area contributed by atoms with Gasteiger partial charge in [-0.3, -0.25) is 14.9 Å². The first-order valence-corrected chi connectivity index (χ1v) is 20.9. The zero-order valence-corrected chi connectivity index (χ0v) is 35.6. The Labute approximate surface area is 357 Å². The standard InChI is InChI=1S/C40H38ClF10N7OS2/c1-20-17-38(44,45)35(30(20)34(52)40(49,50)51)53-18-29(59)55-28(15-21-13-22(42)16-23(43)14-21)32-25(8-7-24(54-32)11-12-37(2,3)60-5)26-9-10-27(41)31-33(26)58(19-39(46,47)48)56-36(31)57(4)61-6/h7-10,13-14,16,20,28,52-53H,15,17-19H2,1-6H3,(H,55,59)/t20-,28?/m0/s1. The molecule has 61 heavy (non-hydrogen) atoms. The fourth-order valence-corrected chi connectivity index (χ4v) is 7.44. The molecule has 1 aliphatic rings. The highest BCUT2D eigenvalue weighted by atomic mass is 35.5. The maximum absolute atomic E-state index is 15.1. The number of anilines is 1. The molecule has 2 heterocycles. The molecule has 0 radical (unpaired) electrons. The van der Waals surface area contributed by atoms with Crippen LogP contribution in [-0.4, -0.2) is 75.5 Å². The minimum Gasteiger partial charge on any atom is -0.374 e. The third kappa shape index (κ3) is 11.1. The SMILES string of the molecule is CSN(C)c1nn(CC(F)(F)F)c2c(-c3ccc(C#CC(C)(C)SC)nc3C(Cc3cc(F)cc(F)c3)NC(=O)CNC3=C(C(=N)C(F)(F)F)[C@@H](C)CC3(F)F)ccc(Cl)c12. The number of benzene rings is 2. The van der Waals surface area contributed by atoms with Crippen LogP contribution in [0.15, 0.2) is 53.7 Å². The molecule has 2 aromatic heterocycles. The van der Waals surface area contributed by atoms with E-state index in [4.69, 9.17) is 22.0 Å². The molecule has 5 rings (SSSR count). The number of nitrogens with one attached hydrogen (secondary N) is 3. The molecule has 2 atom stereocenters. The Morgan fingerprint density at radius 2 is 1.70 bits per heavy atom. The Hall–Kier alpha value is -4.61. The van der Waals surface area contributed by atoms with Crippen LogP contribution < -0.4 is 14.9 Å². The lowest BCUT2D eigenvalue weighted by atomic mass is 9.93. The van der Waals surface area contributed by atoms with Crippen molar-refractivity contribution >= 4 is 63.7 Å². The molecule has 0 saturated carbocycles. The van der Waals surface area contributed by atoms with Gasteiger partial charge in [-0.15, -0.1) is 11.8 Å². The van der Waals surface area contributed by atoms with Gasteiger partial charge in [-0.2, -0.15) is 40.2 Å². The first-order valence-electron chi connectivity index (χ1n) is 18.1. The van der Waals surface area contributed by atoms with E-state index in [1.165, 1.54) is 40.3 Å². The number of nitrogens with zero attached hydrogens (tertiary/aromatic N) is 4. The third-order valence-corrected chi connectivity index (χ3v) is 11.8. The van der Waals surface area contributed by atoms with Gasteiger partial charge in [0.2, 0.25) is 5.91 Å². The maximum atomic E-state index is 15.1. The highest BCUT2D eigenvalue weighted by Gasteiger charge is 2.51. The van der Waals surface area contributed by atoms with Crippen LogP contribution in [0.25, 0.3) is 22.0 Å². The summed E-state index contributed by atoms with van der Waals surface area (Å²) < 4.78 is 144. The van der Waals surface area contributed by atoms with Crippen molar-refractivity contribution < 1.29 is 48.7 Å². The minimum atomic E-state index is -5.28. The van der Waals surface area contributed by atoms with Gasteiger partial charge in [0.25, 0.3) is 5.92 Å². The molecule has 1 amide bonds. The molecule has 0 aliphatic heterocycles. The zero-order chi connectivity index (χ0) is 45.4. The van der Waals surface area contributed by atoms with Gasteiger partial charge in [-0.05, 0) is 74.3 Å². The molecule has 1 aliphatic carbocycles. The number of thioether (sulfide) groups is 1. The Morgan fingerprint density at radius 1 is 1.07 bits per heavy atom. The first kappa shape index (κ1) is 47.4. The second kappa shape index (κ2) is 18.0. The fourth-order valence-electron chi connectivity index (χ4n) is 6.75. The summed E-state index contributed by atoms with van der Waals surface area (Å²) in [6.07, 6.45) is -8.09. The number of fused-ring (bicyclic) bond motifs is 1. The van der Waals surface area contributed by atoms with E-state index in [9.17, 15) is 39.9 Å². The summed E-state index contributed by atoms with van der Waals surface area (Å²) in [5.74, 6) is -2.33. The van der Waals surface area contributed by atoms with Crippen LogP contribution in [0.5, 0.6) is 0 Å². The van der Waals surface area contributed by atoms with E-state index >= 15 is 8.78 Å².